The van der Waals surface area contributed by atoms with Crippen molar-refractivity contribution in [2.45, 2.75) is 32.1 Å². The summed E-state index contributed by atoms with van der Waals surface area (Å²) in [6.45, 7) is 4.95. The number of ether oxygens (including phenoxy) is 1. The van der Waals surface area contributed by atoms with Crippen molar-refractivity contribution in [2.24, 2.45) is 5.92 Å². The van der Waals surface area contributed by atoms with Crippen LogP contribution in [0.5, 0.6) is 5.75 Å². The number of methoxy groups -OCH3 is 1. The number of likely N-dealkylation sites (tertiary alicyclic amines) is 2. The number of nitrogens with zero attached hydrogens (tertiary/aromatic N) is 3. The lowest BCUT2D eigenvalue weighted by atomic mass is 9.97. The molecule has 0 unspecified atom stereocenters. The number of amides is 2. The maximum absolute atomic E-state index is 12.5. The van der Waals surface area contributed by atoms with Gasteiger partial charge in [-0.3, -0.25) is 9.59 Å². The molecule has 0 N–H and O–H groups in total. The van der Waals surface area contributed by atoms with E-state index in [0.29, 0.717) is 12.3 Å². The first-order valence-electron chi connectivity index (χ1n) is 10.4. The van der Waals surface area contributed by atoms with Crippen LogP contribution in [0.1, 0.15) is 31.2 Å². The number of rotatable bonds is 8. The van der Waals surface area contributed by atoms with Gasteiger partial charge in [-0.15, -0.1) is 0 Å². The number of piperidine rings is 1. The van der Waals surface area contributed by atoms with Crippen LogP contribution in [0, 0.1) is 5.92 Å². The molecule has 0 aliphatic carbocycles. The topological polar surface area (TPSA) is 53.1 Å². The van der Waals surface area contributed by atoms with Gasteiger partial charge in [-0.2, -0.15) is 0 Å². The van der Waals surface area contributed by atoms with Crippen LogP contribution in [0.15, 0.2) is 24.3 Å². The molecule has 1 atom stereocenters. The summed E-state index contributed by atoms with van der Waals surface area (Å²) in [6, 6.07) is 8.29. The van der Waals surface area contributed by atoms with E-state index in [2.05, 4.69) is 17.0 Å². The first-order valence-corrected chi connectivity index (χ1v) is 10.4. The molecule has 0 saturated carbocycles. The molecule has 154 valence electrons. The SMILES string of the molecule is COc1ccc(CCN2CCC[C@@H](CN(C)C(=O)CN3CCCC3=O)C2)cc1. The molecule has 3 rings (SSSR count). The molecule has 2 fully saturated rings. The summed E-state index contributed by atoms with van der Waals surface area (Å²) in [6.07, 6.45) is 4.84. The molecule has 0 bridgehead atoms. The van der Waals surface area contributed by atoms with Crippen LogP contribution in [-0.4, -0.2) is 79.9 Å². The summed E-state index contributed by atoms with van der Waals surface area (Å²) < 4.78 is 5.22. The van der Waals surface area contributed by atoms with Crippen molar-refractivity contribution in [2.75, 3.05) is 53.4 Å². The number of benzene rings is 1. The van der Waals surface area contributed by atoms with Crippen LogP contribution >= 0.6 is 0 Å². The molecule has 6 nitrogen and oxygen atoms in total. The summed E-state index contributed by atoms with van der Waals surface area (Å²) in [4.78, 5) is 30.2. The fourth-order valence-corrected chi connectivity index (χ4v) is 4.23. The number of hydrogen-bond acceptors (Lipinski definition) is 4. The lowest BCUT2D eigenvalue weighted by molar-refractivity contribution is -0.138. The maximum Gasteiger partial charge on any atom is 0.241 e. The Hall–Kier alpha value is -2.08. The second kappa shape index (κ2) is 9.92. The molecule has 2 amide bonds. The Balaban J connectivity index is 1.42. The zero-order valence-electron chi connectivity index (χ0n) is 17.2. The molecular weight excluding hydrogens is 354 g/mol. The second-order valence-corrected chi connectivity index (χ2v) is 8.10. The maximum atomic E-state index is 12.5. The first kappa shape index (κ1) is 20.6. The Morgan fingerprint density at radius 3 is 2.68 bits per heavy atom. The van der Waals surface area contributed by atoms with Gasteiger partial charge in [0, 0.05) is 39.6 Å². The number of carbonyl (C=O) groups is 2. The highest BCUT2D eigenvalue weighted by Gasteiger charge is 2.26. The zero-order valence-corrected chi connectivity index (χ0v) is 17.2. The molecule has 6 heteroatoms. The third kappa shape index (κ3) is 5.71. The van der Waals surface area contributed by atoms with Crippen LogP contribution < -0.4 is 4.74 Å². The van der Waals surface area contributed by atoms with Gasteiger partial charge >= 0.3 is 0 Å². The second-order valence-electron chi connectivity index (χ2n) is 8.10. The highest BCUT2D eigenvalue weighted by molar-refractivity contribution is 5.85. The van der Waals surface area contributed by atoms with Crippen molar-refractivity contribution >= 4 is 11.8 Å². The quantitative estimate of drug-likeness (QED) is 0.685. The Bertz CT molecular complexity index is 661. The van der Waals surface area contributed by atoms with E-state index in [1.54, 1.807) is 12.0 Å². The number of hydrogen-bond donors (Lipinski definition) is 0. The molecule has 2 aliphatic heterocycles. The predicted molar refractivity (Wildman–Crippen MR) is 109 cm³/mol. The van der Waals surface area contributed by atoms with E-state index in [9.17, 15) is 9.59 Å². The van der Waals surface area contributed by atoms with E-state index in [1.165, 1.54) is 18.4 Å². The molecule has 2 aliphatic rings. The van der Waals surface area contributed by atoms with Crippen LogP contribution in [0.25, 0.3) is 0 Å². The summed E-state index contributed by atoms with van der Waals surface area (Å²) in [5.41, 5.74) is 1.32. The third-order valence-corrected chi connectivity index (χ3v) is 5.93. The Morgan fingerprint density at radius 2 is 2.00 bits per heavy atom. The van der Waals surface area contributed by atoms with Crippen LogP contribution in [0.2, 0.25) is 0 Å². The summed E-state index contributed by atoms with van der Waals surface area (Å²) in [5, 5.41) is 0. The van der Waals surface area contributed by atoms with E-state index >= 15 is 0 Å². The Morgan fingerprint density at radius 1 is 1.21 bits per heavy atom. The number of likely N-dealkylation sites (N-methyl/N-ethyl adjacent to an activating group) is 1. The third-order valence-electron chi connectivity index (χ3n) is 5.93. The van der Waals surface area contributed by atoms with Gasteiger partial charge < -0.3 is 19.4 Å². The van der Waals surface area contributed by atoms with Gasteiger partial charge in [-0.1, -0.05) is 12.1 Å². The minimum absolute atomic E-state index is 0.0607. The van der Waals surface area contributed by atoms with Gasteiger partial charge in [0.2, 0.25) is 11.8 Å². The largest absolute Gasteiger partial charge is 0.497 e. The summed E-state index contributed by atoms with van der Waals surface area (Å²) in [5.74, 6) is 1.58. The van der Waals surface area contributed by atoms with Crippen molar-refractivity contribution in [1.29, 1.82) is 0 Å². The van der Waals surface area contributed by atoms with E-state index in [-0.39, 0.29) is 18.4 Å². The smallest absolute Gasteiger partial charge is 0.241 e. The van der Waals surface area contributed by atoms with Gasteiger partial charge in [0.05, 0.1) is 13.7 Å². The minimum Gasteiger partial charge on any atom is -0.497 e. The fourth-order valence-electron chi connectivity index (χ4n) is 4.23. The lowest BCUT2D eigenvalue weighted by Crippen LogP contribution is -2.44. The van der Waals surface area contributed by atoms with Crippen molar-refractivity contribution < 1.29 is 14.3 Å². The van der Waals surface area contributed by atoms with Gasteiger partial charge in [-0.05, 0) is 55.8 Å². The van der Waals surface area contributed by atoms with E-state index in [1.807, 2.05) is 24.1 Å². The van der Waals surface area contributed by atoms with Gasteiger partial charge in [0.15, 0.2) is 0 Å². The molecule has 0 radical (unpaired) electrons. The van der Waals surface area contributed by atoms with Crippen LogP contribution in [0.3, 0.4) is 0 Å². The highest BCUT2D eigenvalue weighted by Crippen LogP contribution is 2.19. The molecule has 2 saturated heterocycles. The molecule has 28 heavy (non-hydrogen) atoms. The van der Waals surface area contributed by atoms with Crippen molar-refractivity contribution in [3.05, 3.63) is 29.8 Å². The Kier molecular flexibility index (Phi) is 7.31. The van der Waals surface area contributed by atoms with Gasteiger partial charge in [-0.25, -0.2) is 0 Å². The fraction of sp³-hybridized carbons (Fsp3) is 0.636. The first-order chi connectivity index (χ1) is 13.5. The van der Waals surface area contributed by atoms with Crippen LogP contribution in [-0.2, 0) is 16.0 Å². The number of carbonyl (C=O) groups excluding carboxylic acids is 2. The van der Waals surface area contributed by atoms with Crippen molar-refractivity contribution in [1.82, 2.24) is 14.7 Å². The van der Waals surface area contributed by atoms with E-state index < -0.39 is 0 Å². The average Bonchev–Trinajstić information content (AvgIpc) is 3.11. The van der Waals surface area contributed by atoms with Crippen LogP contribution in [0.4, 0.5) is 0 Å². The molecule has 2 heterocycles. The Labute approximate surface area is 168 Å². The van der Waals surface area contributed by atoms with Crippen molar-refractivity contribution in [3.8, 4) is 5.75 Å². The molecule has 1 aromatic rings. The van der Waals surface area contributed by atoms with Gasteiger partial charge in [0.1, 0.15) is 5.75 Å². The molecule has 1 aromatic carbocycles. The summed E-state index contributed by atoms with van der Waals surface area (Å²) in [7, 11) is 3.56. The molecule has 0 spiro atoms. The van der Waals surface area contributed by atoms with Crippen molar-refractivity contribution in [3.63, 3.8) is 0 Å². The monoisotopic (exact) mass is 387 g/mol. The van der Waals surface area contributed by atoms with E-state index in [0.717, 1.165) is 51.3 Å². The highest BCUT2D eigenvalue weighted by atomic mass is 16.5. The normalized spacial score (nSPS) is 20.4. The van der Waals surface area contributed by atoms with E-state index in [4.69, 9.17) is 4.74 Å². The lowest BCUT2D eigenvalue weighted by Gasteiger charge is -2.35. The zero-order chi connectivity index (χ0) is 19.9. The van der Waals surface area contributed by atoms with Gasteiger partial charge in [0.25, 0.3) is 0 Å². The standard InChI is InChI=1S/C22H33N3O3/c1-23(22(27)17-25-13-4-6-21(25)26)15-19-5-3-12-24(16-19)14-11-18-7-9-20(28-2)10-8-18/h7-10,19H,3-6,11-17H2,1-2H3/t19-/m0/s1. The summed E-state index contributed by atoms with van der Waals surface area (Å²) >= 11 is 0. The molecular formula is C22H33N3O3. The average molecular weight is 388 g/mol. The molecule has 0 aromatic heterocycles. The minimum atomic E-state index is 0.0607. The predicted octanol–water partition coefficient (Wildman–Crippen LogP) is 2.03.